The average molecular weight is 207 g/mol. The Labute approximate surface area is 93.0 Å². The SMILES string of the molecule is C#CCCCCN1CCC(=O)C(C)C1C. The van der Waals surface area contributed by atoms with Gasteiger partial charge in [0.05, 0.1) is 0 Å². The Kier molecular flexibility index (Phi) is 4.84. The van der Waals surface area contributed by atoms with E-state index in [0.717, 1.165) is 38.8 Å². The van der Waals surface area contributed by atoms with Gasteiger partial charge in [0.15, 0.2) is 0 Å². The molecular weight excluding hydrogens is 186 g/mol. The van der Waals surface area contributed by atoms with Crippen molar-refractivity contribution in [1.29, 1.82) is 0 Å². The van der Waals surface area contributed by atoms with E-state index >= 15 is 0 Å². The lowest BCUT2D eigenvalue weighted by molar-refractivity contribution is -0.127. The van der Waals surface area contributed by atoms with Gasteiger partial charge in [0.2, 0.25) is 0 Å². The van der Waals surface area contributed by atoms with Gasteiger partial charge in [-0.15, -0.1) is 12.3 Å². The molecular formula is C13H21NO. The zero-order valence-corrected chi connectivity index (χ0v) is 9.83. The second kappa shape index (κ2) is 5.92. The zero-order chi connectivity index (χ0) is 11.3. The Morgan fingerprint density at radius 3 is 2.87 bits per heavy atom. The molecule has 0 aromatic heterocycles. The first kappa shape index (κ1) is 12.3. The Balaban J connectivity index is 2.30. The van der Waals surface area contributed by atoms with Gasteiger partial charge in [-0.3, -0.25) is 9.69 Å². The van der Waals surface area contributed by atoms with Crippen molar-refractivity contribution in [3.63, 3.8) is 0 Å². The molecule has 0 aromatic carbocycles. The van der Waals surface area contributed by atoms with Gasteiger partial charge in [-0.2, -0.15) is 0 Å². The molecule has 0 radical (unpaired) electrons. The van der Waals surface area contributed by atoms with Crippen molar-refractivity contribution in [3.05, 3.63) is 0 Å². The third kappa shape index (κ3) is 3.35. The summed E-state index contributed by atoms with van der Waals surface area (Å²) in [5, 5.41) is 0. The van der Waals surface area contributed by atoms with Gasteiger partial charge in [0.1, 0.15) is 5.78 Å². The summed E-state index contributed by atoms with van der Waals surface area (Å²) in [6, 6.07) is 0.400. The van der Waals surface area contributed by atoms with Gasteiger partial charge in [0, 0.05) is 31.3 Å². The molecule has 1 rings (SSSR count). The number of piperidine rings is 1. The molecule has 1 aliphatic heterocycles. The largest absolute Gasteiger partial charge is 0.300 e. The number of likely N-dealkylation sites (tertiary alicyclic amines) is 1. The lowest BCUT2D eigenvalue weighted by atomic mass is 9.90. The third-order valence-electron chi connectivity index (χ3n) is 3.47. The number of rotatable bonds is 4. The topological polar surface area (TPSA) is 20.3 Å². The molecule has 0 bridgehead atoms. The highest BCUT2D eigenvalue weighted by atomic mass is 16.1. The fourth-order valence-electron chi connectivity index (χ4n) is 2.13. The lowest BCUT2D eigenvalue weighted by Gasteiger charge is -2.36. The average Bonchev–Trinajstić information content (AvgIpc) is 2.24. The predicted molar refractivity (Wildman–Crippen MR) is 62.5 cm³/mol. The molecule has 0 spiro atoms. The highest BCUT2D eigenvalue weighted by Crippen LogP contribution is 2.20. The van der Waals surface area contributed by atoms with E-state index in [1.165, 1.54) is 0 Å². The zero-order valence-electron chi connectivity index (χ0n) is 9.83. The Morgan fingerprint density at radius 2 is 2.20 bits per heavy atom. The number of carbonyl (C=O) groups excluding carboxylic acids is 1. The summed E-state index contributed by atoms with van der Waals surface area (Å²) in [6.07, 6.45) is 9.05. The van der Waals surface area contributed by atoms with Gasteiger partial charge in [-0.05, 0) is 26.3 Å². The van der Waals surface area contributed by atoms with Crippen LogP contribution in [0.3, 0.4) is 0 Å². The molecule has 1 saturated heterocycles. The quantitative estimate of drug-likeness (QED) is 0.519. The summed E-state index contributed by atoms with van der Waals surface area (Å²) in [6.45, 7) is 6.21. The Morgan fingerprint density at radius 1 is 1.47 bits per heavy atom. The number of unbranched alkanes of at least 4 members (excludes halogenated alkanes) is 2. The van der Waals surface area contributed by atoms with Crippen LogP contribution in [0.15, 0.2) is 0 Å². The van der Waals surface area contributed by atoms with E-state index in [1.54, 1.807) is 0 Å². The van der Waals surface area contributed by atoms with Crippen LogP contribution in [0.5, 0.6) is 0 Å². The van der Waals surface area contributed by atoms with Crippen LogP contribution < -0.4 is 0 Å². The van der Waals surface area contributed by atoms with Crippen molar-refractivity contribution in [3.8, 4) is 12.3 Å². The first-order valence-corrected chi connectivity index (χ1v) is 5.87. The van der Waals surface area contributed by atoms with Gasteiger partial charge in [-0.25, -0.2) is 0 Å². The minimum atomic E-state index is 0.200. The lowest BCUT2D eigenvalue weighted by Crippen LogP contribution is -2.47. The molecule has 0 aliphatic carbocycles. The number of hydrogen-bond acceptors (Lipinski definition) is 2. The van der Waals surface area contributed by atoms with Crippen molar-refractivity contribution < 1.29 is 4.79 Å². The monoisotopic (exact) mass is 207 g/mol. The summed E-state index contributed by atoms with van der Waals surface area (Å²) in [5.41, 5.74) is 0. The molecule has 84 valence electrons. The van der Waals surface area contributed by atoms with Crippen molar-refractivity contribution in [2.24, 2.45) is 5.92 Å². The summed E-state index contributed by atoms with van der Waals surface area (Å²) >= 11 is 0. The van der Waals surface area contributed by atoms with Crippen LogP contribution in [0.25, 0.3) is 0 Å². The van der Waals surface area contributed by atoms with E-state index in [9.17, 15) is 4.79 Å². The standard InChI is InChI=1S/C13H21NO/c1-4-5-6-7-9-14-10-8-13(15)11(2)12(14)3/h1,11-12H,5-10H2,2-3H3. The highest BCUT2D eigenvalue weighted by molar-refractivity contribution is 5.82. The van der Waals surface area contributed by atoms with Crippen LogP contribution in [0, 0.1) is 18.3 Å². The first-order chi connectivity index (χ1) is 7.16. The van der Waals surface area contributed by atoms with Crippen molar-refractivity contribution >= 4 is 5.78 Å². The molecule has 15 heavy (non-hydrogen) atoms. The fourth-order valence-corrected chi connectivity index (χ4v) is 2.13. The van der Waals surface area contributed by atoms with E-state index < -0.39 is 0 Å². The number of carbonyl (C=O) groups is 1. The molecule has 0 aromatic rings. The van der Waals surface area contributed by atoms with Crippen LogP contribution in [0.2, 0.25) is 0 Å². The second-order valence-corrected chi connectivity index (χ2v) is 4.44. The molecule has 0 N–H and O–H groups in total. The predicted octanol–water partition coefficient (Wildman–Crippen LogP) is 2.09. The molecule has 2 nitrogen and oxygen atoms in total. The maximum Gasteiger partial charge on any atom is 0.138 e. The molecule has 1 fully saturated rings. The molecule has 0 amide bonds. The summed E-state index contributed by atoms with van der Waals surface area (Å²) in [5.74, 6) is 3.28. The Hall–Kier alpha value is -0.810. The van der Waals surface area contributed by atoms with Gasteiger partial charge < -0.3 is 0 Å². The van der Waals surface area contributed by atoms with E-state index in [1.807, 2.05) is 6.92 Å². The molecule has 1 aliphatic rings. The maximum atomic E-state index is 11.5. The van der Waals surface area contributed by atoms with Crippen LogP contribution in [0.1, 0.15) is 39.5 Å². The van der Waals surface area contributed by atoms with Crippen LogP contribution >= 0.6 is 0 Å². The Bertz CT molecular complexity index is 254. The molecule has 2 heteroatoms. The molecule has 2 unspecified atom stereocenters. The highest BCUT2D eigenvalue weighted by Gasteiger charge is 2.29. The molecule has 1 heterocycles. The van der Waals surface area contributed by atoms with Crippen LogP contribution in [-0.4, -0.2) is 29.8 Å². The first-order valence-electron chi connectivity index (χ1n) is 5.87. The number of Topliss-reactive ketones (excluding diaryl/α,β-unsaturated/α-hetero) is 1. The van der Waals surface area contributed by atoms with Crippen LogP contribution in [-0.2, 0) is 4.79 Å². The van der Waals surface area contributed by atoms with Gasteiger partial charge in [0.25, 0.3) is 0 Å². The van der Waals surface area contributed by atoms with E-state index in [0.29, 0.717) is 11.8 Å². The van der Waals surface area contributed by atoms with Crippen molar-refractivity contribution in [2.45, 2.75) is 45.6 Å². The summed E-state index contributed by atoms with van der Waals surface area (Å²) < 4.78 is 0. The number of nitrogens with zero attached hydrogens (tertiary/aromatic N) is 1. The van der Waals surface area contributed by atoms with Gasteiger partial charge in [-0.1, -0.05) is 6.92 Å². The minimum absolute atomic E-state index is 0.200. The number of terminal acetylenes is 1. The number of ketones is 1. The summed E-state index contributed by atoms with van der Waals surface area (Å²) in [7, 11) is 0. The van der Waals surface area contributed by atoms with Crippen molar-refractivity contribution in [1.82, 2.24) is 4.90 Å². The summed E-state index contributed by atoms with van der Waals surface area (Å²) in [4.78, 5) is 13.9. The van der Waals surface area contributed by atoms with Crippen molar-refractivity contribution in [2.75, 3.05) is 13.1 Å². The number of hydrogen-bond donors (Lipinski definition) is 0. The molecule has 0 saturated carbocycles. The van der Waals surface area contributed by atoms with E-state index in [4.69, 9.17) is 6.42 Å². The minimum Gasteiger partial charge on any atom is -0.300 e. The third-order valence-corrected chi connectivity index (χ3v) is 3.47. The maximum absolute atomic E-state index is 11.5. The van der Waals surface area contributed by atoms with Crippen LogP contribution in [0.4, 0.5) is 0 Å². The second-order valence-electron chi connectivity index (χ2n) is 4.44. The normalized spacial score (nSPS) is 27.7. The van der Waals surface area contributed by atoms with E-state index in [2.05, 4.69) is 17.7 Å². The van der Waals surface area contributed by atoms with E-state index in [-0.39, 0.29) is 5.92 Å². The fraction of sp³-hybridized carbons (Fsp3) is 0.769. The molecule has 2 atom stereocenters. The van der Waals surface area contributed by atoms with Gasteiger partial charge >= 0.3 is 0 Å². The smallest absolute Gasteiger partial charge is 0.138 e.